The Balaban J connectivity index is 2.61. The number of hydrogen-bond acceptors (Lipinski definition) is 4. The van der Waals surface area contributed by atoms with E-state index in [2.05, 4.69) is 15.8 Å². The van der Waals surface area contributed by atoms with Gasteiger partial charge in [0.05, 0.1) is 5.88 Å². The van der Waals surface area contributed by atoms with Crippen molar-refractivity contribution in [3.05, 3.63) is 0 Å². The van der Waals surface area contributed by atoms with E-state index in [-0.39, 0.29) is 5.88 Å². The summed E-state index contributed by atoms with van der Waals surface area (Å²) in [6.07, 6.45) is 0. The summed E-state index contributed by atoms with van der Waals surface area (Å²) in [4.78, 5) is 3.76. The molecule has 1 aliphatic rings. The van der Waals surface area contributed by atoms with Gasteiger partial charge in [-0.2, -0.15) is 5.43 Å². The first-order valence-corrected chi connectivity index (χ1v) is 3.08. The maximum atomic E-state index is 9.08. The molecule has 1 unspecified atom stereocenters. The molecule has 52 valence electrons. The highest BCUT2D eigenvalue weighted by molar-refractivity contribution is 6.28. The molecule has 1 atom stereocenters. The van der Waals surface area contributed by atoms with Crippen molar-refractivity contribution < 1.29 is 5.11 Å². The van der Waals surface area contributed by atoms with Crippen molar-refractivity contribution in [1.29, 1.82) is 0 Å². The molecule has 0 amide bonds. The molecule has 4 nitrogen and oxygen atoms in total. The van der Waals surface area contributed by atoms with Crippen LogP contribution in [0.25, 0.3) is 0 Å². The Morgan fingerprint density at radius 2 is 2.56 bits per heavy atom. The number of hydrazine groups is 1. The molecule has 1 rings (SSSR count). The van der Waals surface area contributed by atoms with Gasteiger partial charge in [-0.1, -0.05) is 0 Å². The minimum atomic E-state index is -1.19. The fourth-order valence-corrected chi connectivity index (χ4v) is 0.699. The van der Waals surface area contributed by atoms with E-state index in [0.717, 1.165) is 0 Å². The van der Waals surface area contributed by atoms with Crippen molar-refractivity contribution in [3.63, 3.8) is 0 Å². The van der Waals surface area contributed by atoms with Gasteiger partial charge in [-0.05, 0) is 0 Å². The van der Waals surface area contributed by atoms with E-state index in [4.69, 9.17) is 16.7 Å². The van der Waals surface area contributed by atoms with Crippen molar-refractivity contribution in [2.75, 3.05) is 5.88 Å². The third kappa shape index (κ3) is 1.54. The molecule has 0 bridgehead atoms. The smallest absolute Gasteiger partial charge is 0.228 e. The molecule has 1 heterocycles. The van der Waals surface area contributed by atoms with Crippen LogP contribution in [0.1, 0.15) is 6.92 Å². The number of alkyl halides is 1. The zero-order valence-electron chi connectivity index (χ0n) is 4.98. The predicted molar refractivity (Wildman–Crippen MR) is 35.1 cm³/mol. The molecule has 0 aromatic heterocycles. The van der Waals surface area contributed by atoms with Crippen LogP contribution in [0.3, 0.4) is 0 Å². The van der Waals surface area contributed by atoms with E-state index >= 15 is 0 Å². The molecule has 0 fully saturated rings. The summed E-state index contributed by atoms with van der Waals surface area (Å²) < 4.78 is 0. The van der Waals surface area contributed by atoms with Crippen molar-refractivity contribution >= 4 is 17.4 Å². The Labute approximate surface area is 57.9 Å². The van der Waals surface area contributed by atoms with Gasteiger partial charge in [0.2, 0.25) is 5.85 Å². The minimum Gasteiger partial charge on any atom is -0.356 e. The van der Waals surface area contributed by atoms with Crippen LogP contribution in [-0.4, -0.2) is 22.7 Å². The van der Waals surface area contributed by atoms with Gasteiger partial charge in [-0.3, -0.25) is 0 Å². The lowest BCUT2D eigenvalue weighted by atomic mass is 10.5. The maximum absolute atomic E-state index is 9.08. The minimum absolute atomic E-state index is 0.281. The molecule has 0 saturated carbocycles. The molecule has 3 N–H and O–H groups in total. The number of nitrogens with one attached hydrogen (secondary N) is 2. The Bertz CT molecular complexity index is 145. The zero-order valence-corrected chi connectivity index (χ0v) is 5.74. The first kappa shape index (κ1) is 6.80. The van der Waals surface area contributed by atoms with Crippen LogP contribution >= 0.6 is 11.6 Å². The third-order valence-corrected chi connectivity index (χ3v) is 1.18. The molecule has 0 saturated heterocycles. The van der Waals surface area contributed by atoms with Crippen LogP contribution in [-0.2, 0) is 0 Å². The van der Waals surface area contributed by atoms with Crippen LogP contribution in [0.5, 0.6) is 0 Å². The van der Waals surface area contributed by atoms with Crippen molar-refractivity contribution in [3.8, 4) is 0 Å². The van der Waals surface area contributed by atoms with E-state index in [1.165, 1.54) is 6.92 Å². The predicted octanol–water partition coefficient (Wildman–Crippen LogP) is -0.603. The second-order valence-corrected chi connectivity index (χ2v) is 2.23. The molecular formula is C4H8ClN3O. The number of halogens is 1. The summed E-state index contributed by atoms with van der Waals surface area (Å²) in [6.45, 7) is 1.53. The van der Waals surface area contributed by atoms with Gasteiger partial charge in [0, 0.05) is 6.92 Å². The van der Waals surface area contributed by atoms with Gasteiger partial charge in [-0.15, -0.1) is 11.6 Å². The lowest BCUT2D eigenvalue weighted by Crippen LogP contribution is -2.43. The fourth-order valence-electron chi connectivity index (χ4n) is 0.573. The fraction of sp³-hybridized carbons (Fsp3) is 0.750. The number of hydrogen-bond donors (Lipinski definition) is 3. The molecule has 5 heteroatoms. The molecule has 0 aliphatic carbocycles. The van der Waals surface area contributed by atoms with Crippen LogP contribution in [0.15, 0.2) is 4.99 Å². The van der Waals surface area contributed by atoms with E-state index in [1.807, 2.05) is 0 Å². The van der Waals surface area contributed by atoms with E-state index in [9.17, 15) is 0 Å². The van der Waals surface area contributed by atoms with E-state index < -0.39 is 5.85 Å². The summed E-state index contributed by atoms with van der Waals surface area (Å²) in [7, 11) is 0. The number of amidine groups is 1. The molecular weight excluding hydrogens is 142 g/mol. The van der Waals surface area contributed by atoms with E-state index in [1.54, 1.807) is 0 Å². The molecule has 0 radical (unpaired) electrons. The highest BCUT2D eigenvalue weighted by atomic mass is 35.5. The Morgan fingerprint density at radius 3 is 2.78 bits per heavy atom. The third-order valence-electron chi connectivity index (χ3n) is 0.923. The SMILES string of the molecule is CC1(O)N=C(CCl)NN1. The number of rotatable bonds is 1. The van der Waals surface area contributed by atoms with Crippen LogP contribution in [0.4, 0.5) is 0 Å². The topological polar surface area (TPSA) is 56.7 Å². The van der Waals surface area contributed by atoms with Gasteiger partial charge in [0.25, 0.3) is 0 Å². The van der Waals surface area contributed by atoms with Gasteiger partial charge in [-0.25, -0.2) is 4.99 Å². The Hall–Kier alpha value is -0.320. The number of aliphatic hydroxyl groups is 1. The van der Waals surface area contributed by atoms with Crippen LogP contribution < -0.4 is 10.9 Å². The van der Waals surface area contributed by atoms with Crippen LogP contribution in [0, 0.1) is 0 Å². The van der Waals surface area contributed by atoms with E-state index in [0.29, 0.717) is 5.84 Å². The standard InChI is InChI=1S/C4H8ClN3O/c1-4(9)6-3(2-5)7-8-4/h8-9H,2H2,1H3,(H,6,7). The maximum Gasteiger partial charge on any atom is 0.228 e. The molecule has 0 aromatic carbocycles. The van der Waals surface area contributed by atoms with Crippen molar-refractivity contribution in [2.24, 2.45) is 4.99 Å². The van der Waals surface area contributed by atoms with Crippen molar-refractivity contribution in [1.82, 2.24) is 10.9 Å². The normalized spacial score (nSPS) is 33.9. The van der Waals surface area contributed by atoms with Gasteiger partial charge in [0.15, 0.2) is 0 Å². The molecule has 0 spiro atoms. The van der Waals surface area contributed by atoms with Gasteiger partial charge >= 0.3 is 0 Å². The monoisotopic (exact) mass is 149 g/mol. The first-order valence-electron chi connectivity index (χ1n) is 2.54. The summed E-state index contributed by atoms with van der Waals surface area (Å²) in [6, 6.07) is 0. The summed E-state index contributed by atoms with van der Waals surface area (Å²) >= 11 is 5.39. The lowest BCUT2D eigenvalue weighted by molar-refractivity contribution is 0.0382. The zero-order chi connectivity index (χ0) is 6.91. The Kier molecular flexibility index (Phi) is 1.61. The second kappa shape index (κ2) is 2.13. The quantitative estimate of drug-likeness (QED) is 0.437. The van der Waals surface area contributed by atoms with Gasteiger partial charge in [0.1, 0.15) is 5.84 Å². The Morgan fingerprint density at radius 1 is 1.89 bits per heavy atom. The first-order chi connectivity index (χ1) is 4.14. The second-order valence-electron chi connectivity index (χ2n) is 1.96. The summed E-state index contributed by atoms with van der Waals surface area (Å²) in [5.41, 5.74) is 5.13. The summed E-state index contributed by atoms with van der Waals surface area (Å²) in [5, 5.41) is 9.08. The number of nitrogens with zero attached hydrogens (tertiary/aromatic N) is 1. The lowest BCUT2D eigenvalue weighted by Gasteiger charge is -2.10. The number of aliphatic imine (C=N–C) groups is 1. The van der Waals surface area contributed by atoms with Crippen LogP contribution in [0.2, 0.25) is 0 Å². The van der Waals surface area contributed by atoms with Gasteiger partial charge < -0.3 is 10.5 Å². The average Bonchev–Trinajstić information content (AvgIpc) is 2.10. The van der Waals surface area contributed by atoms with Crippen molar-refractivity contribution in [2.45, 2.75) is 12.8 Å². The average molecular weight is 150 g/mol. The highest BCUT2D eigenvalue weighted by Gasteiger charge is 2.24. The molecule has 1 aliphatic heterocycles. The summed E-state index contributed by atoms with van der Waals surface area (Å²) in [5.74, 6) is -0.352. The molecule has 9 heavy (non-hydrogen) atoms. The highest BCUT2D eigenvalue weighted by Crippen LogP contribution is 2.03. The largest absolute Gasteiger partial charge is 0.356 e. The molecule has 0 aromatic rings.